The largest absolute Gasteiger partial charge is 0.496 e. The molecule has 0 bridgehead atoms. The van der Waals surface area contributed by atoms with Gasteiger partial charge in [0.2, 0.25) is 5.75 Å². The van der Waals surface area contributed by atoms with Crippen molar-refractivity contribution in [3.8, 4) is 17.6 Å². The minimum atomic E-state index is -0.615. The molecule has 0 atom stereocenters. The van der Waals surface area contributed by atoms with Crippen molar-refractivity contribution in [2.75, 3.05) is 14.2 Å². The number of carbonyl (C=O) groups is 1. The van der Waals surface area contributed by atoms with Crippen LogP contribution in [0.5, 0.6) is 11.5 Å². The molecule has 0 aliphatic rings. The molecule has 0 unspecified atom stereocenters. The fraction of sp³-hybridized carbons (Fsp3) is 0.333. The van der Waals surface area contributed by atoms with Crippen LogP contribution in [0.4, 0.5) is 5.69 Å². The first-order valence-corrected chi connectivity index (χ1v) is 6.67. The van der Waals surface area contributed by atoms with E-state index in [9.17, 15) is 14.9 Å². The Bertz CT molecular complexity index is 689. The summed E-state index contributed by atoms with van der Waals surface area (Å²) in [5.74, 6) is -0.297. The van der Waals surface area contributed by atoms with Crippen molar-refractivity contribution >= 4 is 17.7 Å². The summed E-state index contributed by atoms with van der Waals surface area (Å²) in [5, 5.41) is 22.8. The Morgan fingerprint density at radius 3 is 2.39 bits per heavy atom. The Balaban J connectivity index is 3.42. The molecule has 0 saturated carbocycles. The van der Waals surface area contributed by atoms with Crippen molar-refractivity contribution in [3.05, 3.63) is 33.4 Å². The molecule has 1 N–H and O–H groups in total. The highest BCUT2D eigenvalue weighted by Gasteiger charge is 2.20. The summed E-state index contributed by atoms with van der Waals surface area (Å²) in [5.41, 5.74) is -0.243. The minimum Gasteiger partial charge on any atom is -0.496 e. The van der Waals surface area contributed by atoms with Crippen LogP contribution < -0.4 is 14.8 Å². The smallest absolute Gasteiger partial charge is 0.311 e. The second-order valence-corrected chi connectivity index (χ2v) is 4.82. The zero-order valence-electron chi connectivity index (χ0n) is 13.2. The Hall–Kier alpha value is -3.08. The van der Waals surface area contributed by atoms with Crippen LogP contribution in [-0.4, -0.2) is 31.1 Å². The van der Waals surface area contributed by atoms with Gasteiger partial charge >= 0.3 is 5.69 Å². The molecule has 1 aromatic carbocycles. The van der Waals surface area contributed by atoms with Crippen molar-refractivity contribution in [1.82, 2.24) is 5.32 Å². The average molecular weight is 319 g/mol. The molecule has 0 aliphatic heterocycles. The number of hydrogen-bond donors (Lipinski definition) is 1. The fourth-order valence-electron chi connectivity index (χ4n) is 1.81. The van der Waals surface area contributed by atoms with Crippen LogP contribution in [0.15, 0.2) is 17.7 Å². The van der Waals surface area contributed by atoms with Crippen molar-refractivity contribution in [1.29, 1.82) is 5.26 Å². The maximum absolute atomic E-state index is 11.9. The van der Waals surface area contributed by atoms with Gasteiger partial charge in [-0.15, -0.1) is 0 Å². The van der Waals surface area contributed by atoms with E-state index in [4.69, 9.17) is 14.7 Å². The number of hydrogen-bond acceptors (Lipinski definition) is 6. The van der Waals surface area contributed by atoms with E-state index in [0.29, 0.717) is 0 Å². The second-order valence-electron chi connectivity index (χ2n) is 4.82. The van der Waals surface area contributed by atoms with E-state index in [1.165, 1.54) is 32.4 Å². The van der Waals surface area contributed by atoms with Gasteiger partial charge in [0, 0.05) is 23.7 Å². The fourth-order valence-corrected chi connectivity index (χ4v) is 1.81. The number of nitrogens with one attached hydrogen (secondary N) is 1. The lowest BCUT2D eigenvalue weighted by molar-refractivity contribution is -0.385. The van der Waals surface area contributed by atoms with Gasteiger partial charge in [-0.2, -0.15) is 5.26 Å². The molecule has 8 nitrogen and oxygen atoms in total. The predicted octanol–water partition coefficient (Wildman–Crippen LogP) is 2.04. The van der Waals surface area contributed by atoms with E-state index in [1.54, 1.807) is 19.9 Å². The third-order valence-corrected chi connectivity index (χ3v) is 2.81. The highest BCUT2D eigenvalue weighted by atomic mass is 16.6. The zero-order valence-corrected chi connectivity index (χ0v) is 13.2. The lowest BCUT2D eigenvalue weighted by atomic mass is 10.1. The van der Waals surface area contributed by atoms with Crippen molar-refractivity contribution < 1.29 is 19.2 Å². The van der Waals surface area contributed by atoms with E-state index in [1.807, 2.05) is 0 Å². The first-order valence-electron chi connectivity index (χ1n) is 6.67. The number of rotatable bonds is 6. The van der Waals surface area contributed by atoms with E-state index < -0.39 is 10.8 Å². The molecule has 23 heavy (non-hydrogen) atoms. The van der Waals surface area contributed by atoms with Crippen LogP contribution in [0.3, 0.4) is 0 Å². The van der Waals surface area contributed by atoms with Gasteiger partial charge in [-0.1, -0.05) is 0 Å². The maximum Gasteiger partial charge on any atom is 0.311 e. The van der Waals surface area contributed by atoms with Gasteiger partial charge in [0.1, 0.15) is 17.4 Å². The van der Waals surface area contributed by atoms with Crippen LogP contribution in [0.25, 0.3) is 6.08 Å². The zero-order chi connectivity index (χ0) is 17.6. The molecule has 0 spiro atoms. The number of carbonyl (C=O) groups excluding carboxylic acids is 1. The monoisotopic (exact) mass is 319 g/mol. The van der Waals surface area contributed by atoms with Crippen LogP contribution in [0.2, 0.25) is 0 Å². The van der Waals surface area contributed by atoms with Crippen molar-refractivity contribution in [2.45, 2.75) is 19.9 Å². The van der Waals surface area contributed by atoms with E-state index >= 15 is 0 Å². The Labute approximate surface area is 133 Å². The van der Waals surface area contributed by atoms with Crippen LogP contribution in [-0.2, 0) is 4.79 Å². The van der Waals surface area contributed by atoms with Crippen molar-refractivity contribution in [2.24, 2.45) is 0 Å². The molecule has 0 heterocycles. The molecular formula is C15H17N3O5. The first kappa shape index (κ1) is 18.0. The molecule has 0 fully saturated rings. The van der Waals surface area contributed by atoms with Gasteiger partial charge in [0.15, 0.2) is 0 Å². The highest BCUT2D eigenvalue weighted by Crippen LogP contribution is 2.35. The number of nitro groups is 1. The summed E-state index contributed by atoms with van der Waals surface area (Å²) in [4.78, 5) is 22.4. The Morgan fingerprint density at radius 2 is 1.96 bits per heavy atom. The lowest BCUT2D eigenvalue weighted by Gasteiger charge is -2.10. The van der Waals surface area contributed by atoms with E-state index in [2.05, 4.69) is 5.32 Å². The third kappa shape index (κ3) is 4.44. The number of nitro benzene ring substituents is 1. The number of nitriles is 1. The van der Waals surface area contributed by atoms with Gasteiger partial charge < -0.3 is 14.8 Å². The molecule has 0 aromatic heterocycles. The Morgan fingerprint density at radius 1 is 1.35 bits per heavy atom. The topological polar surface area (TPSA) is 114 Å². The quantitative estimate of drug-likeness (QED) is 0.371. The molecule has 0 radical (unpaired) electrons. The third-order valence-electron chi connectivity index (χ3n) is 2.81. The van der Waals surface area contributed by atoms with Crippen LogP contribution in [0.1, 0.15) is 19.4 Å². The number of nitrogens with zero attached hydrogens (tertiary/aromatic N) is 2. The van der Waals surface area contributed by atoms with Gasteiger partial charge in [0.05, 0.1) is 19.1 Å². The molecule has 0 aliphatic carbocycles. The van der Waals surface area contributed by atoms with Gasteiger partial charge in [-0.05, 0) is 19.9 Å². The molecule has 8 heteroatoms. The molecule has 122 valence electrons. The van der Waals surface area contributed by atoms with E-state index in [0.717, 1.165) is 0 Å². The van der Waals surface area contributed by atoms with Crippen LogP contribution >= 0.6 is 0 Å². The molecular weight excluding hydrogens is 302 g/mol. The summed E-state index contributed by atoms with van der Waals surface area (Å²) in [6, 6.07) is 4.15. The molecule has 1 aromatic rings. The van der Waals surface area contributed by atoms with Gasteiger partial charge in [-0.3, -0.25) is 14.9 Å². The highest BCUT2D eigenvalue weighted by molar-refractivity contribution is 6.02. The van der Waals surface area contributed by atoms with Crippen LogP contribution in [0, 0.1) is 21.4 Å². The summed E-state index contributed by atoms with van der Waals surface area (Å²) >= 11 is 0. The minimum absolute atomic E-state index is 0.0224. The second kappa shape index (κ2) is 7.79. The van der Waals surface area contributed by atoms with E-state index in [-0.39, 0.29) is 34.4 Å². The number of ether oxygens (including phenoxy) is 2. The van der Waals surface area contributed by atoms with Gasteiger partial charge in [0.25, 0.3) is 5.91 Å². The molecule has 0 saturated heterocycles. The Kier molecular flexibility index (Phi) is 6.09. The average Bonchev–Trinajstić information content (AvgIpc) is 2.50. The molecule has 1 rings (SSSR count). The summed E-state index contributed by atoms with van der Waals surface area (Å²) in [6.45, 7) is 3.51. The normalized spacial score (nSPS) is 10.9. The predicted molar refractivity (Wildman–Crippen MR) is 83.1 cm³/mol. The SMILES string of the molecule is COc1cc(OC)c([N+](=O)[O-])cc1/C=C(/C#N)C(=O)NC(C)C. The number of benzene rings is 1. The standard InChI is InChI=1S/C15H17N3O5/c1-9(2)17-15(19)11(8-16)5-10-6-12(18(20)21)14(23-4)7-13(10)22-3/h5-7,9H,1-4H3,(H,17,19)/b11-5-. The number of methoxy groups -OCH3 is 2. The van der Waals surface area contributed by atoms with Crippen molar-refractivity contribution in [3.63, 3.8) is 0 Å². The first-order chi connectivity index (χ1) is 10.8. The summed E-state index contributed by atoms with van der Waals surface area (Å²) in [6.07, 6.45) is 1.24. The summed E-state index contributed by atoms with van der Waals surface area (Å²) in [7, 11) is 2.67. The molecule has 1 amide bonds. The maximum atomic E-state index is 11.9. The summed E-state index contributed by atoms with van der Waals surface area (Å²) < 4.78 is 10.1. The van der Waals surface area contributed by atoms with Gasteiger partial charge in [-0.25, -0.2) is 0 Å². The number of amides is 1. The lowest BCUT2D eigenvalue weighted by Crippen LogP contribution is -2.30.